The molecule has 0 N–H and O–H groups in total. The van der Waals surface area contributed by atoms with E-state index in [1.807, 2.05) is 50.2 Å². The maximum Gasteiger partial charge on any atom is 0.266 e. The highest BCUT2D eigenvalue weighted by Crippen LogP contribution is 2.30. The van der Waals surface area contributed by atoms with Gasteiger partial charge in [0.15, 0.2) is 23.3 Å². The second kappa shape index (κ2) is 9.85. The summed E-state index contributed by atoms with van der Waals surface area (Å²) in [6.45, 7) is 5.11. The molecule has 0 spiro atoms. The van der Waals surface area contributed by atoms with Crippen LogP contribution in [0.15, 0.2) is 47.5 Å². The van der Waals surface area contributed by atoms with Gasteiger partial charge in [-0.15, -0.1) is 0 Å². The van der Waals surface area contributed by atoms with Crippen molar-refractivity contribution in [2.75, 3.05) is 25.5 Å². The van der Waals surface area contributed by atoms with E-state index in [-0.39, 0.29) is 12.5 Å². The summed E-state index contributed by atoms with van der Waals surface area (Å²) in [6.07, 6.45) is 0.904. The number of para-hydroxylation sites is 2. The molecule has 1 aliphatic rings. The predicted molar refractivity (Wildman–Crippen MR) is 115 cm³/mol. The van der Waals surface area contributed by atoms with E-state index in [2.05, 4.69) is 4.99 Å². The Bertz CT molecular complexity index is 872. The molecule has 1 saturated heterocycles. The normalized spacial score (nSPS) is 15.1. The number of benzene rings is 2. The van der Waals surface area contributed by atoms with Crippen molar-refractivity contribution in [3.8, 4) is 11.5 Å². The lowest BCUT2D eigenvalue weighted by Gasteiger charge is -2.17. The van der Waals surface area contributed by atoms with Gasteiger partial charge in [0.25, 0.3) is 5.91 Å². The molecule has 0 aromatic heterocycles. The van der Waals surface area contributed by atoms with Gasteiger partial charge in [0.1, 0.15) is 0 Å². The summed E-state index contributed by atoms with van der Waals surface area (Å²) >= 11 is 7.73. The molecule has 0 bridgehead atoms. The second-order valence-corrected chi connectivity index (χ2v) is 7.73. The quantitative estimate of drug-likeness (QED) is 0.629. The number of hydrogen-bond acceptors (Lipinski definition) is 5. The maximum absolute atomic E-state index is 12.7. The molecule has 1 amide bonds. The monoisotopic (exact) mass is 418 g/mol. The van der Waals surface area contributed by atoms with Gasteiger partial charge < -0.3 is 9.47 Å². The van der Waals surface area contributed by atoms with Gasteiger partial charge in [-0.05, 0) is 43.2 Å². The van der Waals surface area contributed by atoms with Crippen LogP contribution in [0.4, 0.5) is 5.69 Å². The SMILES string of the molecule is CCCOc1ccccc1OCC(=O)N1CCSC1=Nc1cccc(Cl)c1C. The minimum absolute atomic E-state index is 0.0688. The van der Waals surface area contributed by atoms with E-state index in [0.29, 0.717) is 34.8 Å². The first kappa shape index (κ1) is 20.6. The molecule has 3 rings (SSSR count). The van der Waals surface area contributed by atoms with Gasteiger partial charge in [-0.3, -0.25) is 9.69 Å². The molecule has 0 saturated carbocycles. The Kier molecular flexibility index (Phi) is 7.23. The summed E-state index contributed by atoms with van der Waals surface area (Å²) in [7, 11) is 0. The van der Waals surface area contributed by atoms with Crippen LogP contribution in [0, 0.1) is 6.92 Å². The number of carbonyl (C=O) groups excluding carboxylic acids is 1. The summed E-state index contributed by atoms with van der Waals surface area (Å²) in [6, 6.07) is 13.0. The van der Waals surface area contributed by atoms with Crippen LogP contribution < -0.4 is 9.47 Å². The number of amides is 1. The van der Waals surface area contributed by atoms with E-state index in [4.69, 9.17) is 21.1 Å². The standard InChI is InChI=1S/C21H23ClN2O3S/c1-3-12-26-18-9-4-5-10-19(18)27-14-20(25)24-11-13-28-21(24)23-17-8-6-7-16(22)15(17)2/h4-10H,3,11-14H2,1-2H3. The fraction of sp³-hybridized carbons (Fsp3) is 0.333. The van der Waals surface area contributed by atoms with Crippen LogP contribution in [-0.4, -0.2) is 41.5 Å². The number of ether oxygens (including phenoxy) is 2. The highest BCUT2D eigenvalue weighted by atomic mass is 35.5. The van der Waals surface area contributed by atoms with E-state index < -0.39 is 0 Å². The van der Waals surface area contributed by atoms with Crippen molar-refractivity contribution in [3.63, 3.8) is 0 Å². The van der Waals surface area contributed by atoms with Crippen molar-refractivity contribution in [1.82, 2.24) is 4.90 Å². The topological polar surface area (TPSA) is 51.1 Å². The Balaban J connectivity index is 1.69. The Morgan fingerprint density at radius 2 is 1.93 bits per heavy atom. The van der Waals surface area contributed by atoms with Crippen LogP contribution in [0.2, 0.25) is 5.02 Å². The molecular weight excluding hydrogens is 396 g/mol. The Hall–Kier alpha value is -2.18. The molecule has 2 aromatic rings. The Labute approximate surface area is 174 Å². The van der Waals surface area contributed by atoms with Gasteiger partial charge in [0, 0.05) is 17.3 Å². The Morgan fingerprint density at radius 1 is 1.18 bits per heavy atom. The van der Waals surface area contributed by atoms with Crippen molar-refractivity contribution in [2.45, 2.75) is 20.3 Å². The van der Waals surface area contributed by atoms with Gasteiger partial charge in [-0.2, -0.15) is 0 Å². The van der Waals surface area contributed by atoms with Crippen LogP contribution in [-0.2, 0) is 4.79 Å². The molecule has 0 radical (unpaired) electrons. The molecule has 28 heavy (non-hydrogen) atoms. The summed E-state index contributed by atoms with van der Waals surface area (Å²) < 4.78 is 11.4. The van der Waals surface area contributed by atoms with Crippen molar-refractivity contribution in [3.05, 3.63) is 53.1 Å². The summed E-state index contributed by atoms with van der Waals surface area (Å²) in [5.74, 6) is 1.89. The zero-order chi connectivity index (χ0) is 19.9. The van der Waals surface area contributed by atoms with Gasteiger partial charge in [0.05, 0.1) is 12.3 Å². The lowest BCUT2D eigenvalue weighted by molar-refractivity contribution is -0.129. The maximum atomic E-state index is 12.7. The van der Waals surface area contributed by atoms with E-state index in [9.17, 15) is 4.79 Å². The van der Waals surface area contributed by atoms with Gasteiger partial charge in [0.2, 0.25) is 0 Å². The van der Waals surface area contributed by atoms with Gasteiger partial charge >= 0.3 is 0 Å². The number of nitrogens with zero attached hydrogens (tertiary/aromatic N) is 2. The molecule has 2 aromatic carbocycles. The second-order valence-electron chi connectivity index (χ2n) is 6.26. The third kappa shape index (κ3) is 5.00. The molecule has 1 fully saturated rings. The molecule has 0 unspecified atom stereocenters. The van der Waals surface area contributed by atoms with Gasteiger partial charge in [-0.25, -0.2) is 4.99 Å². The zero-order valence-corrected chi connectivity index (χ0v) is 17.6. The number of halogens is 1. The first-order valence-corrected chi connectivity index (χ1v) is 10.6. The van der Waals surface area contributed by atoms with E-state index >= 15 is 0 Å². The third-order valence-corrected chi connectivity index (χ3v) is 5.56. The highest BCUT2D eigenvalue weighted by Gasteiger charge is 2.26. The predicted octanol–water partition coefficient (Wildman–Crippen LogP) is 5.08. The molecule has 7 heteroatoms. The Morgan fingerprint density at radius 3 is 2.68 bits per heavy atom. The number of carbonyl (C=O) groups is 1. The average molecular weight is 419 g/mol. The van der Waals surface area contributed by atoms with Crippen LogP contribution in [0.1, 0.15) is 18.9 Å². The van der Waals surface area contributed by atoms with E-state index in [1.165, 1.54) is 0 Å². The fourth-order valence-corrected chi connectivity index (χ4v) is 3.80. The van der Waals surface area contributed by atoms with Crippen LogP contribution >= 0.6 is 23.4 Å². The third-order valence-electron chi connectivity index (χ3n) is 4.20. The van der Waals surface area contributed by atoms with Crippen molar-refractivity contribution >= 4 is 40.1 Å². The molecule has 0 aliphatic carbocycles. The lowest BCUT2D eigenvalue weighted by Crippen LogP contribution is -2.35. The number of rotatable bonds is 7. The fourth-order valence-electron chi connectivity index (χ4n) is 2.66. The first-order chi connectivity index (χ1) is 13.6. The smallest absolute Gasteiger partial charge is 0.266 e. The van der Waals surface area contributed by atoms with Crippen molar-refractivity contribution < 1.29 is 14.3 Å². The van der Waals surface area contributed by atoms with E-state index in [1.54, 1.807) is 22.7 Å². The largest absolute Gasteiger partial charge is 0.490 e. The number of hydrogen-bond donors (Lipinski definition) is 0. The molecule has 0 atom stereocenters. The zero-order valence-electron chi connectivity index (χ0n) is 16.0. The lowest BCUT2D eigenvalue weighted by atomic mass is 10.2. The molecule has 148 valence electrons. The minimum Gasteiger partial charge on any atom is -0.490 e. The highest BCUT2D eigenvalue weighted by molar-refractivity contribution is 8.14. The number of amidine groups is 1. The summed E-state index contributed by atoms with van der Waals surface area (Å²) in [5.41, 5.74) is 1.67. The number of thioether (sulfide) groups is 1. The van der Waals surface area contributed by atoms with Crippen LogP contribution in [0.25, 0.3) is 0 Å². The summed E-state index contributed by atoms with van der Waals surface area (Å²) in [4.78, 5) is 19.1. The van der Waals surface area contributed by atoms with Crippen molar-refractivity contribution in [2.24, 2.45) is 4.99 Å². The number of aliphatic imine (C=N–C) groups is 1. The minimum atomic E-state index is -0.131. The first-order valence-electron chi connectivity index (χ1n) is 9.21. The van der Waals surface area contributed by atoms with E-state index in [0.717, 1.165) is 23.4 Å². The summed E-state index contributed by atoms with van der Waals surface area (Å²) in [5, 5.41) is 1.34. The van der Waals surface area contributed by atoms with Gasteiger partial charge in [-0.1, -0.05) is 48.5 Å². The van der Waals surface area contributed by atoms with Crippen LogP contribution in [0.3, 0.4) is 0 Å². The average Bonchev–Trinajstić information content (AvgIpc) is 3.17. The van der Waals surface area contributed by atoms with Crippen molar-refractivity contribution in [1.29, 1.82) is 0 Å². The molecule has 1 heterocycles. The molecular formula is C21H23ClN2O3S. The molecule has 5 nitrogen and oxygen atoms in total. The van der Waals surface area contributed by atoms with Crippen LogP contribution in [0.5, 0.6) is 11.5 Å². The molecule has 1 aliphatic heterocycles.